The fourth-order valence-corrected chi connectivity index (χ4v) is 6.19. The molecule has 2 aromatic rings. The van der Waals surface area contributed by atoms with Gasteiger partial charge in [-0.25, -0.2) is 4.98 Å². The van der Waals surface area contributed by atoms with Crippen LogP contribution in [0.15, 0.2) is 24.4 Å². The van der Waals surface area contributed by atoms with E-state index in [4.69, 9.17) is 4.98 Å². The number of fused-ring (bicyclic) bond motifs is 1. The summed E-state index contributed by atoms with van der Waals surface area (Å²) in [6.45, 7) is 6.69. The topological polar surface area (TPSA) is 102 Å². The largest absolute Gasteiger partial charge is 0.369 e. The molecule has 4 aliphatic rings. The number of aromatic nitrogens is 2. The molecule has 1 aliphatic carbocycles. The second-order valence-electron chi connectivity index (χ2n) is 10.3. The minimum Gasteiger partial charge on any atom is -0.369 e. The molecule has 35 heavy (non-hydrogen) atoms. The molecular weight excluding hydrogens is 442 g/mol. The molecule has 1 aromatic carbocycles. The number of piperazine rings is 1. The first kappa shape index (κ1) is 22.3. The maximum Gasteiger partial charge on any atom is 0.244 e. The van der Waals surface area contributed by atoms with Crippen molar-refractivity contribution in [1.29, 1.82) is 0 Å². The predicted molar refractivity (Wildman–Crippen MR) is 135 cm³/mol. The number of carbonyl (C=O) groups is 2. The van der Waals surface area contributed by atoms with Crippen LogP contribution in [0, 0.1) is 12.3 Å². The summed E-state index contributed by atoms with van der Waals surface area (Å²) in [5.41, 5.74) is 3.24. The van der Waals surface area contributed by atoms with Crippen LogP contribution in [0.5, 0.6) is 0 Å². The molecule has 9 heteroatoms. The van der Waals surface area contributed by atoms with E-state index in [9.17, 15) is 9.59 Å². The second kappa shape index (κ2) is 8.78. The maximum atomic E-state index is 13.8. The molecule has 2 saturated heterocycles. The summed E-state index contributed by atoms with van der Waals surface area (Å²) in [6, 6.07) is 6.43. The third-order valence-corrected chi connectivity index (χ3v) is 8.06. The van der Waals surface area contributed by atoms with Crippen molar-refractivity contribution >= 4 is 35.0 Å². The average Bonchev–Trinajstić information content (AvgIpc) is 3.52. The van der Waals surface area contributed by atoms with Crippen molar-refractivity contribution in [3.63, 3.8) is 0 Å². The van der Waals surface area contributed by atoms with Gasteiger partial charge in [-0.3, -0.25) is 14.5 Å². The summed E-state index contributed by atoms with van der Waals surface area (Å²) in [6.07, 6.45) is 6.79. The van der Waals surface area contributed by atoms with Crippen molar-refractivity contribution in [3.05, 3.63) is 35.5 Å². The highest BCUT2D eigenvalue weighted by Crippen LogP contribution is 2.44. The van der Waals surface area contributed by atoms with Crippen LogP contribution in [0.2, 0.25) is 0 Å². The number of hydrogen-bond acceptors (Lipinski definition) is 7. The molecule has 3 fully saturated rings. The van der Waals surface area contributed by atoms with Gasteiger partial charge in [-0.05, 0) is 49.9 Å². The highest BCUT2D eigenvalue weighted by atomic mass is 16.2. The van der Waals surface area contributed by atoms with Crippen LogP contribution < -0.4 is 25.8 Å². The second-order valence-corrected chi connectivity index (χ2v) is 10.3. The monoisotopic (exact) mass is 475 g/mol. The smallest absolute Gasteiger partial charge is 0.244 e. The van der Waals surface area contributed by atoms with Crippen molar-refractivity contribution < 1.29 is 9.59 Å². The van der Waals surface area contributed by atoms with Gasteiger partial charge in [-0.1, -0.05) is 12.8 Å². The van der Waals surface area contributed by atoms with E-state index >= 15 is 0 Å². The van der Waals surface area contributed by atoms with Crippen LogP contribution >= 0.6 is 0 Å². The van der Waals surface area contributed by atoms with E-state index in [0.29, 0.717) is 31.2 Å². The Kier molecular flexibility index (Phi) is 5.59. The Balaban J connectivity index is 1.30. The lowest BCUT2D eigenvalue weighted by Crippen LogP contribution is -2.56. The molecule has 0 radical (unpaired) electrons. The van der Waals surface area contributed by atoms with Crippen molar-refractivity contribution in [3.8, 4) is 0 Å². The summed E-state index contributed by atoms with van der Waals surface area (Å²) >= 11 is 0. The van der Waals surface area contributed by atoms with Crippen molar-refractivity contribution in [2.75, 3.05) is 47.8 Å². The quantitative estimate of drug-likeness (QED) is 0.583. The summed E-state index contributed by atoms with van der Waals surface area (Å²) in [4.78, 5) is 40.2. The zero-order valence-electron chi connectivity index (χ0n) is 20.3. The third-order valence-electron chi connectivity index (χ3n) is 8.06. The van der Waals surface area contributed by atoms with Gasteiger partial charge in [0.15, 0.2) is 0 Å². The van der Waals surface area contributed by atoms with E-state index in [1.807, 2.05) is 4.90 Å². The Bertz CT molecular complexity index is 1160. The zero-order chi connectivity index (χ0) is 24.0. The first-order chi connectivity index (χ1) is 17.0. The Morgan fingerprint density at radius 1 is 1.11 bits per heavy atom. The predicted octanol–water partition coefficient (Wildman–Crippen LogP) is 2.28. The lowest BCUT2D eigenvalue weighted by molar-refractivity contribution is -0.140. The molecule has 1 saturated carbocycles. The number of amides is 2. The Morgan fingerprint density at radius 3 is 2.63 bits per heavy atom. The number of nitrogens with one attached hydrogen (secondary N) is 3. The van der Waals surface area contributed by atoms with E-state index in [1.165, 1.54) is 11.3 Å². The van der Waals surface area contributed by atoms with Gasteiger partial charge < -0.3 is 20.9 Å². The molecular formula is C26H33N7O2. The number of carbonyl (C=O) groups excluding carboxylic acids is 2. The van der Waals surface area contributed by atoms with Gasteiger partial charge in [-0.15, -0.1) is 0 Å². The summed E-state index contributed by atoms with van der Waals surface area (Å²) < 4.78 is 0. The number of hydrogen-bond donors (Lipinski definition) is 3. The van der Waals surface area contributed by atoms with Crippen LogP contribution in [0.4, 0.5) is 23.1 Å². The SMILES string of the molecule is Cc1cc(Nc2ncc3c(n2)N(C2CCCC2)C(=O)[C@]2(CCNC2=O)C3)ccc1N1CCNCC1. The summed E-state index contributed by atoms with van der Waals surface area (Å²) in [5.74, 6) is 0.894. The molecule has 1 spiro atoms. The minimum atomic E-state index is -1.01. The van der Waals surface area contributed by atoms with E-state index in [2.05, 4.69) is 51.0 Å². The molecule has 4 heterocycles. The number of anilines is 4. The lowest BCUT2D eigenvalue weighted by atomic mass is 9.76. The van der Waals surface area contributed by atoms with Gasteiger partial charge in [0.1, 0.15) is 11.2 Å². The van der Waals surface area contributed by atoms with Gasteiger partial charge in [0.05, 0.1) is 0 Å². The first-order valence-electron chi connectivity index (χ1n) is 12.9. The normalized spacial score (nSPS) is 24.7. The van der Waals surface area contributed by atoms with Gasteiger partial charge >= 0.3 is 0 Å². The van der Waals surface area contributed by atoms with Gasteiger partial charge in [0.25, 0.3) is 0 Å². The molecule has 6 rings (SSSR count). The van der Waals surface area contributed by atoms with Crippen molar-refractivity contribution in [2.45, 2.75) is 51.5 Å². The van der Waals surface area contributed by atoms with E-state index in [1.54, 1.807) is 6.20 Å². The summed E-state index contributed by atoms with van der Waals surface area (Å²) in [7, 11) is 0. The number of benzene rings is 1. The molecule has 1 atom stereocenters. The van der Waals surface area contributed by atoms with Crippen LogP contribution in [0.1, 0.15) is 43.2 Å². The average molecular weight is 476 g/mol. The summed E-state index contributed by atoms with van der Waals surface area (Å²) in [5, 5.41) is 9.63. The van der Waals surface area contributed by atoms with E-state index in [0.717, 1.165) is 63.1 Å². The van der Waals surface area contributed by atoms with Crippen LogP contribution in [0.25, 0.3) is 0 Å². The molecule has 0 bridgehead atoms. The maximum absolute atomic E-state index is 13.8. The van der Waals surface area contributed by atoms with Gasteiger partial charge in [0, 0.05) is 68.3 Å². The molecule has 9 nitrogen and oxygen atoms in total. The molecule has 1 aromatic heterocycles. The fourth-order valence-electron chi connectivity index (χ4n) is 6.19. The number of aryl methyl sites for hydroxylation is 1. The molecule has 3 N–H and O–H groups in total. The number of rotatable bonds is 4. The lowest BCUT2D eigenvalue weighted by Gasteiger charge is -2.40. The van der Waals surface area contributed by atoms with Crippen LogP contribution in [-0.4, -0.2) is 60.5 Å². The Morgan fingerprint density at radius 2 is 1.91 bits per heavy atom. The van der Waals surface area contributed by atoms with Gasteiger partial charge in [0.2, 0.25) is 17.8 Å². The first-order valence-corrected chi connectivity index (χ1v) is 12.9. The van der Waals surface area contributed by atoms with Crippen LogP contribution in [0.3, 0.4) is 0 Å². The van der Waals surface area contributed by atoms with Crippen LogP contribution in [-0.2, 0) is 16.0 Å². The van der Waals surface area contributed by atoms with Gasteiger partial charge in [-0.2, -0.15) is 4.98 Å². The molecule has 2 amide bonds. The zero-order valence-corrected chi connectivity index (χ0v) is 20.3. The standard InChI is InChI=1S/C26H33N7O2/c1-17-14-19(6-7-21(17)32-12-10-27-11-13-32)30-25-29-16-18-15-26(8-9-28-23(26)34)24(35)33(22(18)31-25)20-4-2-3-5-20/h6-7,14,16,20,27H,2-5,8-13,15H2,1H3,(H,28,34)(H,29,30,31)/t26-/m1/s1. The fraction of sp³-hybridized carbons (Fsp3) is 0.538. The third kappa shape index (κ3) is 3.82. The highest BCUT2D eigenvalue weighted by molar-refractivity contribution is 6.14. The molecule has 3 aliphatic heterocycles. The molecule has 0 unspecified atom stereocenters. The van der Waals surface area contributed by atoms with Crippen molar-refractivity contribution in [1.82, 2.24) is 20.6 Å². The molecule has 184 valence electrons. The highest BCUT2D eigenvalue weighted by Gasteiger charge is 2.56. The van der Waals surface area contributed by atoms with E-state index in [-0.39, 0.29) is 17.9 Å². The Labute approximate surface area is 205 Å². The Hall–Kier alpha value is -3.20. The van der Waals surface area contributed by atoms with E-state index < -0.39 is 5.41 Å². The van der Waals surface area contributed by atoms with Crippen molar-refractivity contribution in [2.24, 2.45) is 5.41 Å². The number of nitrogens with zero attached hydrogens (tertiary/aromatic N) is 4. The minimum absolute atomic E-state index is 0.0900.